The molecule has 84 valence electrons. The van der Waals surface area contributed by atoms with E-state index in [1.54, 1.807) is 7.11 Å². The first-order valence-corrected chi connectivity index (χ1v) is 5.69. The van der Waals surface area contributed by atoms with Gasteiger partial charge in [-0.2, -0.15) is 0 Å². The summed E-state index contributed by atoms with van der Waals surface area (Å²) in [5.41, 5.74) is 1.31. The first-order valence-electron chi connectivity index (χ1n) is 5.69. The van der Waals surface area contributed by atoms with Crippen molar-refractivity contribution in [2.45, 2.75) is 32.7 Å². The van der Waals surface area contributed by atoms with Crippen molar-refractivity contribution >= 4 is 0 Å². The van der Waals surface area contributed by atoms with Gasteiger partial charge in [-0.15, -0.1) is 0 Å². The Morgan fingerprint density at radius 2 is 2.13 bits per heavy atom. The zero-order chi connectivity index (χ0) is 11.1. The van der Waals surface area contributed by atoms with Crippen LogP contribution in [0, 0.1) is 0 Å². The van der Waals surface area contributed by atoms with E-state index in [2.05, 4.69) is 31.3 Å². The van der Waals surface area contributed by atoms with Crippen LogP contribution in [0.15, 0.2) is 24.3 Å². The number of rotatable bonds is 6. The van der Waals surface area contributed by atoms with Crippen molar-refractivity contribution < 1.29 is 4.74 Å². The molecular weight excluding hydrogens is 186 g/mol. The van der Waals surface area contributed by atoms with Crippen LogP contribution in [0.25, 0.3) is 0 Å². The highest BCUT2D eigenvalue weighted by Gasteiger charge is 2.08. The van der Waals surface area contributed by atoms with E-state index >= 15 is 0 Å². The number of methoxy groups -OCH3 is 1. The van der Waals surface area contributed by atoms with Crippen molar-refractivity contribution in [2.24, 2.45) is 0 Å². The highest BCUT2D eigenvalue weighted by molar-refractivity contribution is 5.30. The summed E-state index contributed by atoms with van der Waals surface area (Å²) >= 11 is 0. The molecule has 0 radical (unpaired) electrons. The average molecular weight is 207 g/mol. The van der Waals surface area contributed by atoms with Gasteiger partial charge in [0.1, 0.15) is 5.75 Å². The Labute approximate surface area is 92.6 Å². The van der Waals surface area contributed by atoms with E-state index in [-0.39, 0.29) is 0 Å². The maximum atomic E-state index is 5.23. The van der Waals surface area contributed by atoms with Gasteiger partial charge in [0.05, 0.1) is 7.11 Å². The van der Waals surface area contributed by atoms with E-state index in [0.717, 1.165) is 18.7 Å². The molecule has 1 aromatic carbocycles. The van der Waals surface area contributed by atoms with Gasteiger partial charge in [0.2, 0.25) is 0 Å². The third-order valence-corrected chi connectivity index (χ3v) is 2.55. The fourth-order valence-electron chi connectivity index (χ4n) is 1.67. The molecule has 1 aromatic rings. The monoisotopic (exact) mass is 207 g/mol. The molecule has 1 unspecified atom stereocenters. The molecule has 0 aliphatic rings. The lowest BCUT2D eigenvalue weighted by Gasteiger charge is -2.17. The number of hydrogen-bond donors (Lipinski definition) is 1. The first-order chi connectivity index (χ1) is 7.31. The fourth-order valence-corrected chi connectivity index (χ4v) is 1.67. The summed E-state index contributed by atoms with van der Waals surface area (Å²) in [5, 5.41) is 3.53. The molecule has 0 heterocycles. The second-order valence-corrected chi connectivity index (χ2v) is 3.69. The Morgan fingerprint density at radius 1 is 1.33 bits per heavy atom. The summed E-state index contributed by atoms with van der Waals surface area (Å²) in [6.45, 7) is 5.45. The van der Waals surface area contributed by atoms with E-state index in [1.165, 1.54) is 12.0 Å². The molecule has 1 atom stereocenters. The van der Waals surface area contributed by atoms with Crippen molar-refractivity contribution in [3.8, 4) is 5.75 Å². The van der Waals surface area contributed by atoms with Crippen LogP contribution in [0.1, 0.15) is 38.3 Å². The number of hydrogen-bond acceptors (Lipinski definition) is 2. The molecule has 0 amide bonds. The highest BCUT2D eigenvalue weighted by atomic mass is 16.5. The molecule has 1 N–H and O–H groups in total. The average Bonchev–Trinajstić information content (AvgIpc) is 2.30. The van der Waals surface area contributed by atoms with Crippen LogP contribution in [0.2, 0.25) is 0 Å². The van der Waals surface area contributed by atoms with Gasteiger partial charge >= 0.3 is 0 Å². The second kappa shape index (κ2) is 6.46. The van der Waals surface area contributed by atoms with Gasteiger partial charge in [-0.1, -0.05) is 26.0 Å². The molecule has 0 spiro atoms. The zero-order valence-electron chi connectivity index (χ0n) is 9.92. The minimum Gasteiger partial charge on any atom is -0.497 e. The van der Waals surface area contributed by atoms with Gasteiger partial charge in [-0.25, -0.2) is 0 Å². The summed E-state index contributed by atoms with van der Waals surface area (Å²) in [5.74, 6) is 0.934. The summed E-state index contributed by atoms with van der Waals surface area (Å²) in [6.07, 6.45) is 2.27. The van der Waals surface area contributed by atoms with Crippen LogP contribution < -0.4 is 10.1 Å². The van der Waals surface area contributed by atoms with Crippen LogP contribution in [-0.4, -0.2) is 13.7 Å². The van der Waals surface area contributed by atoms with Gasteiger partial charge in [-0.05, 0) is 37.1 Å². The van der Waals surface area contributed by atoms with Crippen LogP contribution in [0.4, 0.5) is 0 Å². The lowest BCUT2D eigenvalue weighted by Crippen LogP contribution is -2.21. The van der Waals surface area contributed by atoms with Crippen LogP contribution in [0.5, 0.6) is 5.75 Å². The predicted octanol–water partition coefficient (Wildman–Crippen LogP) is 3.15. The van der Waals surface area contributed by atoms with Crippen molar-refractivity contribution in [1.82, 2.24) is 5.32 Å². The SMILES string of the molecule is CCCNC(CC)c1cccc(OC)c1. The van der Waals surface area contributed by atoms with E-state index in [4.69, 9.17) is 4.74 Å². The maximum absolute atomic E-state index is 5.23. The molecule has 2 nitrogen and oxygen atoms in total. The lowest BCUT2D eigenvalue weighted by atomic mass is 10.0. The maximum Gasteiger partial charge on any atom is 0.119 e. The van der Waals surface area contributed by atoms with Gasteiger partial charge in [0.25, 0.3) is 0 Å². The quantitative estimate of drug-likeness (QED) is 0.773. The first kappa shape index (κ1) is 12.1. The van der Waals surface area contributed by atoms with E-state index < -0.39 is 0 Å². The molecule has 0 aliphatic carbocycles. The minimum atomic E-state index is 0.444. The fraction of sp³-hybridized carbons (Fsp3) is 0.538. The summed E-state index contributed by atoms with van der Waals surface area (Å²) < 4.78 is 5.23. The lowest BCUT2D eigenvalue weighted by molar-refractivity contribution is 0.412. The molecule has 0 aliphatic heterocycles. The summed E-state index contributed by atoms with van der Waals surface area (Å²) in [7, 11) is 1.71. The van der Waals surface area contributed by atoms with Crippen molar-refractivity contribution in [3.63, 3.8) is 0 Å². The summed E-state index contributed by atoms with van der Waals surface area (Å²) in [4.78, 5) is 0. The molecular formula is C13H21NO. The zero-order valence-corrected chi connectivity index (χ0v) is 9.92. The normalized spacial score (nSPS) is 12.5. The van der Waals surface area contributed by atoms with E-state index in [1.807, 2.05) is 12.1 Å². The predicted molar refractivity (Wildman–Crippen MR) is 64.3 cm³/mol. The van der Waals surface area contributed by atoms with Crippen LogP contribution >= 0.6 is 0 Å². The molecule has 0 fully saturated rings. The Morgan fingerprint density at radius 3 is 2.73 bits per heavy atom. The topological polar surface area (TPSA) is 21.3 Å². The molecule has 0 saturated heterocycles. The van der Waals surface area contributed by atoms with Gasteiger partial charge in [0, 0.05) is 6.04 Å². The summed E-state index contributed by atoms with van der Waals surface area (Å²) in [6, 6.07) is 8.73. The second-order valence-electron chi connectivity index (χ2n) is 3.69. The van der Waals surface area contributed by atoms with Gasteiger partial charge in [-0.3, -0.25) is 0 Å². The van der Waals surface area contributed by atoms with Crippen molar-refractivity contribution in [1.29, 1.82) is 0 Å². The Balaban J connectivity index is 2.72. The van der Waals surface area contributed by atoms with E-state index in [0.29, 0.717) is 6.04 Å². The Hall–Kier alpha value is -1.02. The van der Waals surface area contributed by atoms with Crippen molar-refractivity contribution in [2.75, 3.05) is 13.7 Å². The largest absolute Gasteiger partial charge is 0.497 e. The highest BCUT2D eigenvalue weighted by Crippen LogP contribution is 2.21. The molecule has 0 bridgehead atoms. The van der Waals surface area contributed by atoms with Gasteiger partial charge < -0.3 is 10.1 Å². The van der Waals surface area contributed by atoms with Crippen LogP contribution in [0.3, 0.4) is 0 Å². The molecule has 2 heteroatoms. The molecule has 15 heavy (non-hydrogen) atoms. The number of nitrogens with one attached hydrogen (secondary N) is 1. The minimum absolute atomic E-state index is 0.444. The van der Waals surface area contributed by atoms with Crippen molar-refractivity contribution in [3.05, 3.63) is 29.8 Å². The smallest absolute Gasteiger partial charge is 0.119 e. The Kier molecular flexibility index (Phi) is 5.19. The van der Waals surface area contributed by atoms with E-state index in [9.17, 15) is 0 Å². The number of ether oxygens (including phenoxy) is 1. The Bertz CT molecular complexity index is 286. The molecule has 1 rings (SSSR count). The third kappa shape index (κ3) is 3.56. The van der Waals surface area contributed by atoms with Gasteiger partial charge in [0.15, 0.2) is 0 Å². The van der Waals surface area contributed by atoms with Crippen LogP contribution in [-0.2, 0) is 0 Å². The molecule has 0 saturated carbocycles. The molecule has 0 aromatic heterocycles. The number of benzene rings is 1. The third-order valence-electron chi connectivity index (χ3n) is 2.55. The standard InChI is InChI=1S/C13H21NO/c1-4-9-14-13(5-2)11-7-6-8-12(10-11)15-3/h6-8,10,13-14H,4-5,9H2,1-3H3.